The van der Waals surface area contributed by atoms with Crippen LogP contribution in [0, 0.1) is 5.82 Å². The third kappa shape index (κ3) is 7.76. The summed E-state index contributed by atoms with van der Waals surface area (Å²) in [5.41, 5.74) is 1.33. The molecule has 0 spiro atoms. The molecular weight excluding hydrogens is 431 g/mol. The fraction of sp³-hybridized carbons (Fsp3) is 0.280. The molecule has 0 amide bonds. The first-order valence-corrected chi connectivity index (χ1v) is 10.1. The molecule has 0 saturated heterocycles. The highest BCUT2D eigenvalue weighted by Gasteiger charge is 2.15. The minimum Gasteiger partial charge on any atom is -0.487 e. The summed E-state index contributed by atoms with van der Waals surface area (Å²) < 4.78 is 41.3. The van der Waals surface area contributed by atoms with E-state index in [1.807, 2.05) is 0 Å². The second-order valence-corrected chi connectivity index (χ2v) is 7.08. The van der Waals surface area contributed by atoms with Gasteiger partial charge in [0.2, 0.25) is 0 Å². The van der Waals surface area contributed by atoms with Crippen molar-refractivity contribution in [1.29, 1.82) is 0 Å². The smallest absolute Gasteiger partial charge is 0.338 e. The Hall–Kier alpha value is -3.65. The molecule has 0 unspecified atom stereocenters. The summed E-state index contributed by atoms with van der Waals surface area (Å²) in [4.78, 5) is 23.2. The van der Waals surface area contributed by atoms with Crippen molar-refractivity contribution >= 4 is 11.9 Å². The molecule has 0 heterocycles. The molecule has 0 radical (unpaired) electrons. The van der Waals surface area contributed by atoms with E-state index in [1.165, 1.54) is 19.2 Å². The maximum absolute atomic E-state index is 14.9. The SMILES string of the molecule is C=C(C)C(=O)OCCOc1cc(-c2ccc(OC(=O)C(=C)C)cc2)c(F)cc1OCCOC. The van der Waals surface area contributed by atoms with E-state index in [0.717, 1.165) is 0 Å². The monoisotopic (exact) mass is 458 g/mol. The average molecular weight is 458 g/mol. The Labute approximate surface area is 192 Å². The van der Waals surface area contributed by atoms with Gasteiger partial charge in [-0.3, -0.25) is 0 Å². The summed E-state index contributed by atoms with van der Waals surface area (Å²) in [5.74, 6) is -0.840. The lowest BCUT2D eigenvalue weighted by Crippen LogP contribution is -2.13. The van der Waals surface area contributed by atoms with Gasteiger partial charge in [-0.2, -0.15) is 0 Å². The van der Waals surface area contributed by atoms with Gasteiger partial charge in [-0.1, -0.05) is 25.3 Å². The first kappa shape index (κ1) is 25.6. The Kier molecular flexibility index (Phi) is 9.62. The molecule has 0 aromatic heterocycles. The van der Waals surface area contributed by atoms with Gasteiger partial charge in [0, 0.05) is 29.9 Å². The zero-order chi connectivity index (χ0) is 24.4. The molecule has 2 rings (SSSR count). The number of carbonyl (C=O) groups is 2. The number of hydrogen-bond acceptors (Lipinski definition) is 7. The molecule has 176 valence electrons. The zero-order valence-electron chi connectivity index (χ0n) is 18.9. The number of hydrogen-bond donors (Lipinski definition) is 0. The van der Waals surface area contributed by atoms with E-state index in [9.17, 15) is 14.0 Å². The van der Waals surface area contributed by atoms with Gasteiger partial charge < -0.3 is 23.7 Å². The minimum atomic E-state index is -0.547. The van der Waals surface area contributed by atoms with Crippen molar-refractivity contribution < 1.29 is 37.7 Å². The zero-order valence-corrected chi connectivity index (χ0v) is 18.9. The van der Waals surface area contributed by atoms with Crippen LogP contribution in [0.15, 0.2) is 60.7 Å². The normalized spacial score (nSPS) is 10.3. The highest BCUT2D eigenvalue weighted by atomic mass is 19.1. The molecule has 0 aliphatic heterocycles. The first-order valence-electron chi connectivity index (χ1n) is 10.1. The quantitative estimate of drug-likeness (QED) is 0.201. The number of carbonyl (C=O) groups excluding carboxylic acids is 2. The summed E-state index contributed by atoms with van der Waals surface area (Å²) in [6.45, 7) is 10.6. The van der Waals surface area contributed by atoms with Crippen LogP contribution < -0.4 is 14.2 Å². The fourth-order valence-corrected chi connectivity index (χ4v) is 2.52. The van der Waals surface area contributed by atoms with E-state index in [0.29, 0.717) is 17.9 Å². The van der Waals surface area contributed by atoms with Crippen molar-refractivity contribution in [3.63, 3.8) is 0 Å². The maximum atomic E-state index is 14.9. The summed E-state index contributed by atoms with van der Waals surface area (Å²) in [6.07, 6.45) is 0. The van der Waals surface area contributed by atoms with Crippen LogP contribution in [-0.4, -0.2) is 45.5 Å². The second kappa shape index (κ2) is 12.4. The number of ether oxygens (including phenoxy) is 5. The Morgan fingerprint density at radius 1 is 0.848 bits per heavy atom. The Balaban J connectivity index is 2.22. The van der Waals surface area contributed by atoms with E-state index >= 15 is 0 Å². The van der Waals surface area contributed by atoms with Gasteiger partial charge in [-0.25, -0.2) is 14.0 Å². The third-order valence-corrected chi connectivity index (χ3v) is 4.23. The molecular formula is C25H27FO7. The van der Waals surface area contributed by atoms with Crippen molar-refractivity contribution in [2.24, 2.45) is 0 Å². The van der Waals surface area contributed by atoms with Gasteiger partial charge in [0.15, 0.2) is 11.5 Å². The van der Waals surface area contributed by atoms with Crippen LogP contribution in [-0.2, 0) is 19.1 Å². The van der Waals surface area contributed by atoms with Crippen LogP contribution in [0.2, 0.25) is 0 Å². The van der Waals surface area contributed by atoms with Crippen LogP contribution in [0.3, 0.4) is 0 Å². The lowest BCUT2D eigenvalue weighted by atomic mass is 10.0. The molecule has 2 aromatic carbocycles. The summed E-state index contributed by atoms with van der Waals surface area (Å²) in [7, 11) is 1.53. The Morgan fingerprint density at radius 3 is 2.00 bits per heavy atom. The van der Waals surface area contributed by atoms with Gasteiger partial charge in [-0.15, -0.1) is 0 Å². The largest absolute Gasteiger partial charge is 0.487 e. The van der Waals surface area contributed by atoms with Crippen LogP contribution in [0.5, 0.6) is 17.2 Å². The van der Waals surface area contributed by atoms with Crippen molar-refractivity contribution in [2.45, 2.75) is 13.8 Å². The van der Waals surface area contributed by atoms with E-state index < -0.39 is 17.8 Å². The van der Waals surface area contributed by atoms with Crippen LogP contribution in [0.4, 0.5) is 4.39 Å². The van der Waals surface area contributed by atoms with Crippen LogP contribution in [0.25, 0.3) is 11.1 Å². The van der Waals surface area contributed by atoms with Crippen molar-refractivity contribution in [3.8, 4) is 28.4 Å². The predicted molar refractivity (Wildman–Crippen MR) is 121 cm³/mol. The number of rotatable bonds is 12. The molecule has 0 fully saturated rings. The molecule has 0 saturated carbocycles. The number of benzene rings is 2. The van der Waals surface area contributed by atoms with E-state index in [2.05, 4.69) is 13.2 Å². The molecule has 8 heteroatoms. The van der Waals surface area contributed by atoms with Gasteiger partial charge in [0.1, 0.15) is 31.4 Å². The van der Waals surface area contributed by atoms with Crippen LogP contribution >= 0.6 is 0 Å². The molecule has 33 heavy (non-hydrogen) atoms. The van der Waals surface area contributed by atoms with E-state index in [-0.39, 0.29) is 48.0 Å². The maximum Gasteiger partial charge on any atom is 0.338 e. The van der Waals surface area contributed by atoms with Crippen molar-refractivity contribution in [3.05, 3.63) is 66.5 Å². The first-order chi connectivity index (χ1) is 15.7. The molecule has 7 nitrogen and oxygen atoms in total. The third-order valence-electron chi connectivity index (χ3n) is 4.23. The van der Waals surface area contributed by atoms with Crippen LogP contribution in [0.1, 0.15) is 13.8 Å². The summed E-state index contributed by atoms with van der Waals surface area (Å²) in [5, 5.41) is 0. The highest BCUT2D eigenvalue weighted by molar-refractivity contribution is 5.89. The Bertz CT molecular complexity index is 1010. The predicted octanol–water partition coefficient (Wildman–Crippen LogP) is 4.50. The van der Waals surface area contributed by atoms with E-state index in [4.69, 9.17) is 23.7 Å². The lowest BCUT2D eigenvalue weighted by molar-refractivity contribution is -0.139. The molecule has 0 aliphatic rings. The second-order valence-electron chi connectivity index (χ2n) is 7.08. The Morgan fingerprint density at radius 2 is 1.42 bits per heavy atom. The molecule has 0 aliphatic carbocycles. The van der Waals surface area contributed by atoms with Gasteiger partial charge >= 0.3 is 11.9 Å². The van der Waals surface area contributed by atoms with Crippen molar-refractivity contribution in [2.75, 3.05) is 33.5 Å². The lowest BCUT2D eigenvalue weighted by Gasteiger charge is -2.15. The topological polar surface area (TPSA) is 80.3 Å². The fourth-order valence-electron chi connectivity index (χ4n) is 2.52. The summed E-state index contributed by atoms with van der Waals surface area (Å²) in [6, 6.07) is 9.04. The standard InChI is InChI=1S/C25H27FO7/c1-16(2)24(27)32-13-12-31-22-14-20(21(26)15-23(22)30-11-10-29-5)18-6-8-19(9-7-18)33-25(28)17(3)4/h6-9,14-15H,1,3,10-13H2,2,4-5H3. The highest BCUT2D eigenvalue weighted by Crippen LogP contribution is 2.36. The molecule has 0 bridgehead atoms. The minimum absolute atomic E-state index is 0.0152. The van der Waals surface area contributed by atoms with Gasteiger partial charge in [0.05, 0.1) is 6.61 Å². The van der Waals surface area contributed by atoms with Crippen molar-refractivity contribution in [1.82, 2.24) is 0 Å². The molecule has 0 N–H and O–H groups in total. The molecule has 0 atom stereocenters. The number of esters is 2. The molecule has 2 aromatic rings. The summed E-state index contributed by atoms with van der Waals surface area (Å²) >= 11 is 0. The number of methoxy groups -OCH3 is 1. The number of halogens is 1. The van der Waals surface area contributed by atoms with Gasteiger partial charge in [0.25, 0.3) is 0 Å². The van der Waals surface area contributed by atoms with E-state index in [1.54, 1.807) is 38.1 Å². The van der Waals surface area contributed by atoms with Gasteiger partial charge in [-0.05, 0) is 37.6 Å². The average Bonchev–Trinajstić information content (AvgIpc) is 2.78.